The van der Waals surface area contributed by atoms with Crippen LogP contribution in [-0.4, -0.2) is 41.3 Å². The van der Waals surface area contributed by atoms with E-state index in [1.54, 1.807) is 0 Å². The maximum atomic E-state index is 9.72. The molecule has 3 rings (SSSR count). The molecule has 1 heterocycles. The average Bonchev–Trinajstić information content (AvgIpc) is 3.31. The van der Waals surface area contributed by atoms with Gasteiger partial charge in [-0.2, -0.15) is 0 Å². The molecule has 1 unspecified atom stereocenters. The van der Waals surface area contributed by atoms with E-state index in [1.165, 1.54) is 43.4 Å². The Labute approximate surface area is 128 Å². The highest BCUT2D eigenvalue weighted by Crippen LogP contribution is 2.25. The van der Waals surface area contributed by atoms with Crippen molar-refractivity contribution in [3.05, 3.63) is 35.4 Å². The average molecular weight is 288 g/mol. The van der Waals surface area contributed by atoms with Crippen molar-refractivity contribution >= 4 is 0 Å². The molecule has 0 spiro atoms. The van der Waals surface area contributed by atoms with Gasteiger partial charge in [-0.3, -0.25) is 4.90 Å². The Hall–Kier alpha value is -0.900. The van der Waals surface area contributed by atoms with Crippen molar-refractivity contribution in [2.75, 3.05) is 19.7 Å². The molecule has 1 aromatic carbocycles. The Morgan fingerprint density at radius 2 is 2.05 bits per heavy atom. The van der Waals surface area contributed by atoms with Crippen LogP contribution in [0.25, 0.3) is 0 Å². The lowest BCUT2D eigenvalue weighted by atomic mass is 9.98. The zero-order chi connectivity index (χ0) is 14.7. The molecule has 1 atom stereocenters. The van der Waals surface area contributed by atoms with Gasteiger partial charge in [-0.05, 0) is 56.7 Å². The third-order valence-electron chi connectivity index (χ3n) is 4.89. The highest BCUT2D eigenvalue weighted by atomic mass is 16.3. The van der Waals surface area contributed by atoms with Crippen LogP contribution in [0.3, 0.4) is 0 Å². The summed E-state index contributed by atoms with van der Waals surface area (Å²) in [5.74, 6) is 0. The van der Waals surface area contributed by atoms with Crippen LogP contribution in [0, 0.1) is 0 Å². The molecule has 2 N–H and O–H groups in total. The minimum atomic E-state index is -0.118. The van der Waals surface area contributed by atoms with Crippen LogP contribution in [0.15, 0.2) is 24.3 Å². The van der Waals surface area contributed by atoms with Crippen LogP contribution in [0.2, 0.25) is 0 Å². The fourth-order valence-corrected chi connectivity index (χ4v) is 3.28. The number of aliphatic hydroxyl groups excluding tert-OH is 1. The first-order valence-electron chi connectivity index (χ1n) is 8.36. The summed E-state index contributed by atoms with van der Waals surface area (Å²) in [5, 5.41) is 13.3. The molecule has 116 valence electrons. The molecule has 21 heavy (non-hydrogen) atoms. The molecule has 1 fully saturated rings. The second-order valence-corrected chi connectivity index (χ2v) is 7.04. The van der Waals surface area contributed by atoms with Gasteiger partial charge >= 0.3 is 0 Å². The maximum Gasteiger partial charge on any atom is 0.0611 e. The Morgan fingerprint density at radius 3 is 2.76 bits per heavy atom. The van der Waals surface area contributed by atoms with Gasteiger partial charge in [0.2, 0.25) is 0 Å². The topological polar surface area (TPSA) is 35.5 Å². The number of hydrogen-bond donors (Lipinski definition) is 2. The molecule has 0 amide bonds. The summed E-state index contributed by atoms with van der Waals surface area (Å²) in [6.45, 7) is 5.68. The third kappa shape index (κ3) is 4.06. The summed E-state index contributed by atoms with van der Waals surface area (Å²) in [5.41, 5.74) is 2.88. The first-order chi connectivity index (χ1) is 10.2. The van der Waals surface area contributed by atoms with Gasteiger partial charge in [0.05, 0.1) is 6.61 Å². The predicted molar refractivity (Wildman–Crippen MR) is 86.3 cm³/mol. The van der Waals surface area contributed by atoms with Gasteiger partial charge in [-0.25, -0.2) is 0 Å². The number of aryl methyl sites for hydroxylation is 1. The van der Waals surface area contributed by atoms with Gasteiger partial charge in [0, 0.05) is 24.7 Å². The number of fused-ring (bicyclic) bond motifs is 1. The third-order valence-corrected chi connectivity index (χ3v) is 4.89. The molecule has 3 nitrogen and oxygen atoms in total. The fourth-order valence-electron chi connectivity index (χ4n) is 3.28. The van der Waals surface area contributed by atoms with Crippen molar-refractivity contribution in [1.29, 1.82) is 0 Å². The largest absolute Gasteiger partial charge is 0.394 e. The Kier molecular flexibility index (Phi) is 4.63. The normalized spacial score (nSPS) is 22.4. The van der Waals surface area contributed by atoms with Crippen molar-refractivity contribution in [2.45, 2.75) is 57.2 Å². The van der Waals surface area contributed by atoms with Crippen molar-refractivity contribution in [1.82, 2.24) is 10.2 Å². The van der Waals surface area contributed by atoms with E-state index in [9.17, 15) is 5.11 Å². The summed E-state index contributed by atoms with van der Waals surface area (Å²) in [6.07, 6.45) is 5.99. The van der Waals surface area contributed by atoms with Crippen LogP contribution < -0.4 is 5.32 Å². The Bertz CT molecular complexity index is 472. The number of aliphatic hydroxyl groups is 1. The molecular formula is C18H28N2O. The molecule has 1 aliphatic carbocycles. The number of benzene rings is 1. The maximum absolute atomic E-state index is 9.72. The minimum Gasteiger partial charge on any atom is -0.394 e. The van der Waals surface area contributed by atoms with Crippen LogP contribution in [0.4, 0.5) is 0 Å². The smallest absolute Gasteiger partial charge is 0.0611 e. The summed E-state index contributed by atoms with van der Waals surface area (Å²) in [7, 11) is 0. The quantitative estimate of drug-likeness (QED) is 0.843. The number of hydrogen-bond acceptors (Lipinski definition) is 3. The summed E-state index contributed by atoms with van der Waals surface area (Å²) in [4.78, 5) is 2.55. The van der Waals surface area contributed by atoms with Crippen LogP contribution >= 0.6 is 0 Å². The van der Waals surface area contributed by atoms with E-state index >= 15 is 0 Å². The van der Waals surface area contributed by atoms with E-state index in [-0.39, 0.29) is 12.1 Å². The second kappa shape index (κ2) is 6.47. The lowest BCUT2D eigenvalue weighted by molar-refractivity contribution is 0.142. The molecule has 0 aromatic heterocycles. The molecule has 2 aliphatic rings. The summed E-state index contributed by atoms with van der Waals surface area (Å²) >= 11 is 0. The monoisotopic (exact) mass is 288 g/mol. The molecular weight excluding hydrogens is 260 g/mol. The van der Waals surface area contributed by atoms with E-state index in [0.717, 1.165) is 19.5 Å². The number of rotatable bonds is 6. The molecule has 1 saturated carbocycles. The fraction of sp³-hybridized carbons (Fsp3) is 0.667. The first-order valence-corrected chi connectivity index (χ1v) is 8.36. The summed E-state index contributed by atoms with van der Waals surface area (Å²) in [6, 6.07) is 9.48. The van der Waals surface area contributed by atoms with Crippen molar-refractivity contribution in [3.63, 3.8) is 0 Å². The second-order valence-electron chi connectivity index (χ2n) is 7.04. The van der Waals surface area contributed by atoms with Crippen LogP contribution in [-0.2, 0) is 13.0 Å². The lowest BCUT2D eigenvalue weighted by Crippen LogP contribution is -2.49. The van der Waals surface area contributed by atoms with Gasteiger partial charge in [0.25, 0.3) is 0 Å². The Morgan fingerprint density at radius 1 is 1.29 bits per heavy atom. The van der Waals surface area contributed by atoms with Gasteiger partial charge in [0.15, 0.2) is 0 Å². The van der Waals surface area contributed by atoms with Gasteiger partial charge in [-0.1, -0.05) is 24.3 Å². The van der Waals surface area contributed by atoms with Crippen molar-refractivity contribution < 1.29 is 5.11 Å². The standard InChI is InChI=1S/C18H28N2O/c1-18(14-21,19-17-8-9-17)10-12-20-11-4-7-15-5-2-3-6-16(15)13-20/h2-3,5-6,17,19,21H,4,7-14H2,1H3. The van der Waals surface area contributed by atoms with E-state index in [0.29, 0.717) is 6.04 Å². The molecule has 0 saturated heterocycles. The number of nitrogens with zero attached hydrogens (tertiary/aromatic N) is 1. The molecule has 1 aromatic rings. The molecule has 0 bridgehead atoms. The van der Waals surface area contributed by atoms with Crippen LogP contribution in [0.1, 0.15) is 43.7 Å². The predicted octanol–water partition coefficient (Wildman–Crippen LogP) is 2.33. The van der Waals surface area contributed by atoms with Crippen molar-refractivity contribution in [2.24, 2.45) is 0 Å². The van der Waals surface area contributed by atoms with E-state index < -0.39 is 0 Å². The van der Waals surface area contributed by atoms with E-state index in [1.807, 2.05) is 0 Å². The molecule has 0 radical (unpaired) electrons. The van der Waals surface area contributed by atoms with E-state index in [4.69, 9.17) is 0 Å². The van der Waals surface area contributed by atoms with Gasteiger partial charge in [-0.15, -0.1) is 0 Å². The highest BCUT2D eigenvalue weighted by Gasteiger charge is 2.32. The van der Waals surface area contributed by atoms with Gasteiger partial charge in [0.1, 0.15) is 0 Å². The number of nitrogens with one attached hydrogen (secondary N) is 1. The van der Waals surface area contributed by atoms with Crippen LogP contribution in [0.5, 0.6) is 0 Å². The zero-order valence-electron chi connectivity index (χ0n) is 13.1. The van der Waals surface area contributed by atoms with Crippen molar-refractivity contribution in [3.8, 4) is 0 Å². The first kappa shape index (κ1) is 15.0. The SMILES string of the molecule is CC(CO)(CCN1CCCc2ccccc2C1)NC1CC1. The highest BCUT2D eigenvalue weighted by molar-refractivity contribution is 5.28. The molecule has 1 aliphatic heterocycles. The molecule has 3 heteroatoms. The minimum absolute atomic E-state index is 0.118. The van der Waals surface area contributed by atoms with Gasteiger partial charge < -0.3 is 10.4 Å². The zero-order valence-corrected chi connectivity index (χ0v) is 13.1. The Balaban J connectivity index is 1.57. The summed E-state index contributed by atoms with van der Waals surface area (Å²) < 4.78 is 0. The van der Waals surface area contributed by atoms with E-state index in [2.05, 4.69) is 41.4 Å². The lowest BCUT2D eigenvalue weighted by Gasteiger charge is -2.32.